The lowest BCUT2D eigenvalue weighted by atomic mass is 10.3. The summed E-state index contributed by atoms with van der Waals surface area (Å²) in [7, 11) is 1.70. The van der Waals surface area contributed by atoms with Gasteiger partial charge in [0.1, 0.15) is 11.5 Å². The van der Waals surface area contributed by atoms with E-state index in [1.54, 1.807) is 29.9 Å². The molecule has 0 unspecified atom stereocenters. The first-order chi connectivity index (χ1) is 9.56. The van der Waals surface area contributed by atoms with Crippen molar-refractivity contribution in [1.29, 1.82) is 0 Å². The molecule has 1 heterocycles. The molecule has 6 heteroatoms. The van der Waals surface area contributed by atoms with E-state index in [2.05, 4.69) is 5.32 Å². The molecule has 0 atom stereocenters. The molecule has 1 aromatic carbocycles. The van der Waals surface area contributed by atoms with Crippen molar-refractivity contribution >= 4 is 17.6 Å². The Labute approximate surface area is 115 Å². The molecule has 0 spiro atoms. The second kappa shape index (κ2) is 6.01. The third-order valence-corrected chi connectivity index (χ3v) is 2.62. The second-order valence-electron chi connectivity index (χ2n) is 4.14. The number of rotatable bonds is 4. The van der Waals surface area contributed by atoms with Gasteiger partial charge in [-0.15, -0.1) is 0 Å². The van der Waals surface area contributed by atoms with E-state index in [0.29, 0.717) is 11.4 Å². The van der Waals surface area contributed by atoms with Gasteiger partial charge in [0.25, 0.3) is 5.91 Å². The first-order valence-corrected chi connectivity index (χ1v) is 5.90. The fourth-order valence-electron chi connectivity index (χ4n) is 1.61. The number of amides is 1. The van der Waals surface area contributed by atoms with Crippen LogP contribution in [0.4, 0.5) is 10.1 Å². The largest absolute Gasteiger partial charge is 0.451 e. The minimum absolute atomic E-state index is 0.361. The SMILES string of the molecule is Cn1cccc1C(=O)OCC(=O)Nc1ccc(F)cc1. The molecule has 1 amide bonds. The highest BCUT2D eigenvalue weighted by Crippen LogP contribution is 2.08. The van der Waals surface area contributed by atoms with Gasteiger partial charge in [-0.2, -0.15) is 0 Å². The first-order valence-electron chi connectivity index (χ1n) is 5.90. The molecule has 0 fully saturated rings. The predicted octanol–water partition coefficient (Wildman–Crippen LogP) is 1.96. The number of aryl methyl sites for hydroxylation is 1. The van der Waals surface area contributed by atoms with Gasteiger partial charge in [-0.1, -0.05) is 0 Å². The number of anilines is 1. The van der Waals surface area contributed by atoms with Crippen LogP contribution in [0.3, 0.4) is 0 Å². The van der Waals surface area contributed by atoms with E-state index >= 15 is 0 Å². The van der Waals surface area contributed by atoms with Crippen LogP contribution < -0.4 is 5.32 Å². The van der Waals surface area contributed by atoms with E-state index in [1.165, 1.54) is 24.3 Å². The van der Waals surface area contributed by atoms with E-state index in [0.717, 1.165) is 0 Å². The summed E-state index contributed by atoms with van der Waals surface area (Å²) in [6.07, 6.45) is 1.70. The molecule has 0 aliphatic carbocycles. The number of hydrogen-bond donors (Lipinski definition) is 1. The third kappa shape index (κ3) is 3.44. The van der Waals surface area contributed by atoms with Crippen LogP contribution in [0.2, 0.25) is 0 Å². The zero-order valence-corrected chi connectivity index (χ0v) is 10.8. The van der Waals surface area contributed by atoms with Crippen molar-refractivity contribution in [3.8, 4) is 0 Å². The highest BCUT2D eigenvalue weighted by atomic mass is 19.1. The molecule has 1 N–H and O–H groups in total. The van der Waals surface area contributed by atoms with Crippen molar-refractivity contribution < 1.29 is 18.7 Å². The molecule has 1 aromatic heterocycles. The van der Waals surface area contributed by atoms with Crippen molar-refractivity contribution in [3.05, 3.63) is 54.1 Å². The lowest BCUT2D eigenvalue weighted by molar-refractivity contribution is -0.119. The van der Waals surface area contributed by atoms with Gasteiger partial charge in [0.05, 0.1) is 0 Å². The van der Waals surface area contributed by atoms with Crippen LogP contribution in [0, 0.1) is 5.82 Å². The molecular weight excluding hydrogens is 263 g/mol. The smallest absolute Gasteiger partial charge is 0.355 e. The molecule has 2 rings (SSSR count). The number of esters is 1. The zero-order chi connectivity index (χ0) is 14.5. The molecule has 104 valence electrons. The van der Waals surface area contributed by atoms with Crippen LogP contribution in [-0.2, 0) is 16.6 Å². The maximum atomic E-state index is 12.7. The molecule has 0 saturated carbocycles. The second-order valence-corrected chi connectivity index (χ2v) is 4.14. The minimum Gasteiger partial charge on any atom is -0.451 e. The van der Waals surface area contributed by atoms with E-state index in [-0.39, 0.29) is 0 Å². The van der Waals surface area contributed by atoms with Crippen LogP contribution in [0.15, 0.2) is 42.6 Å². The van der Waals surface area contributed by atoms with Crippen LogP contribution in [0.1, 0.15) is 10.5 Å². The van der Waals surface area contributed by atoms with Gasteiger partial charge >= 0.3 is 5.97 Å². The van der Waals surface area contributed by atoms with Crippen LogP contribution in [0.25, 0.3) is 0 Å². The highest BCUT2D eigenvalue weighted by molar-refractivity contribution is 5.94. The summed E-state index contributed by atoms with van der Waals surface area (Å²) in [5.74, 6) is -1.45. The summed E-state index contributed by atoms with van der Waals surface area (Å²) < 4.78 is 19.2. The Morgan fingerprint density at radius 2 is 1.95 bits per heavy atom. The van der Waals surface area contributed by atoms with Crippen molar-refractivity contribution in [2.75, 3.05) is 11.9 Å². The average Bonchev–Trinajstić information content (AvgIpc) is 2.85. The van der Waals surface area contributed by atoms with Crippen LogP contribution in [-0.4, -0.2) is 23.1 Å². The van der Waals surface area contributed by atoms with E-state index in [9.17, 15) is 14.0 Å². The third-order valence-electron chi connectivity index (χ3n) is 2.62. The van der Waals surface area contributed by atoms with Gasteiger partial charge in [0.2, 0.25) is 0 Å². The van der Waals surface area contributed by atoms with E-state index < -0.39 is 24.3 Å². The van der Waals surface area contributed by atoms with Crippen molar-refractivity contribution in [3.63, 3.8) is 0 Å². The Morgan fingerprint density at radius 1 is 1.25 bits per heavy atom. The molecule has 0 bridgehead atoms. The molecule has 0 radical (unpaired) electrons. The number of ether oxygens (including phenoxy) is 1. The van der Waals surface area contributed by atoms with Crippen LogP contribution in [0.5, 0.6) is 0 Å². The summed E-state index contributed by atoms with van der Waals surface area (Å²) in [4.78, 5) is 23.2. The first kappa shape index (κ1) is 13.8. The molecule has 0 aliphatic rings. The minimum atomic E-state index is -0.577. The van der Waals surface area contributed by atoms with Gasteiger partial charge < -0.3 is 14.6 Å². The Hall–Kier alpha value is -2.63. The van der Waals surface area contributed by atoms with Gasteiger partial charge in [0, 0.05) is 18.9 Å². The summed E-state index contributed by atoms with van der Waals surface area (Å²) in [5.41, 5.74) is 0.797. The number of halogens is 1. The monoisotopic (exact) mass is 276 g/mol. The van der Waals surface area contributed by atoms with Gasteiger partial charge in [-0.3, -0.25) is 4.79 Å². The number of carbonyl (C=O) groups excluding carboxylic acids is 2. The average molecular weight is 276 g/mol. The Bertz CT molecular complexity index is 620. The lowest BCUT2D eigenvalue weighted by Gasteiger charge is -2.07. The molecule has 2 aromatic rings. The summed E-state index contributed by atoms with van der Waals surface area (Å²) in [6.45, 7) is -0.401. The Morgan fingerprint density at radius 3 is 2.55 bits per heavy atom. The number of hydrogen-bond acceptors (Lipinski definition) is 3. The van der Waals surface area contributed by atoms with E-state index in [4.69, 9.17) is 4.74 Å². The highest BCUT2D eigenvalue weighted by Gasteiger charge is 2.12. The molecule has 5 nitrogen and oxygen atoms in total. The maximum absolute atomic E-state index is 12.7. The zero-order valence-electron chi connectivity index (χ0n) is 10.8. The summed E-state index contributed by atoms with van der Waals surface area (Å²) >= 11 is 0. The van der Waals surface area contributed by atoms with Crippen molar-refractivity contribution in [2.24, 2.45) is 7.05 Å². The lowest BCUT2D eigenvalue weighted by Crippen LogP contribution is -2.21. The Balaban J connectivity index is 1.85. The number of nitrogens with zero attached hydrogens (tertiary/aromatic N) is 1. The van der Waals surface area contributed by atoms with Crippen LogP contribution >= 0.6 is 0 Å². The van der Waals surface area contributed by atoms with Gasteiger partial charge in [-0.25, -0.2) is 9.18 Å². The van der Waals surface area contributed by atoms with Crippen molar-refractivity contribution in [2.45, 2.75) is 0 Å². The molecule has 0 saturated heterocycles. The predicted molar refractivity (Wildman–Crippen MR) is 70.7 cm³/mol. The topological polar surface area (TPSA) is 60.3 Å². The fourth-order valence-corrected chi connectivity index (χ4v) is 1.61. The number of carbonyl (C=O) groups is 2. The quantitative estimate of drug-likeness (QED) is 0.868. The van der Waals surface area contributed by atoms with E-state index in [1.807, 2.05) is 0 Å². The maximum Gasteiger partial charge on any atom is 0.355 e. The van der Waals surface area contributed by atoms with Gasteiger partial charge in [0.15, 0.2) is 6.61 Å². The molecule has 20 heavy (non-hydrogen) atoms. The normalized spacial score (nSPS) is 10.1. The number of nitrogens with one attached hydrogen (secondary N) is 1. The summed E-state index contributed by atoms with van der Waals surface area (Å²) in [6, 6.07) is 8.60. The summed E-state index contributed by atoms with van der Waals surface area (Å²) in [5, 5.41) is 2.49. The number of aromatic nitrogens is 1. The van der Waals surface area contributed by atoms with Crippen molar-refractivity contribution in [1.82, 2.24) is 4.57 Å². The fraction of sp³-hybridized carbons (Fsp3) is 0.143. The molecule has 0 aliphatic heterocycles. The standard InChI is InChI=1S/C14H13FN2O3/c1-17-8-2-3-12(17)14(19)20-9-13(18)16-11-6-4-10(15)5-7-11/h2-8H,9H2,1H3,(H,16,18). The number of benzene rings is 1. The molecular formula is C14H13FN2O3. The Kier molecular flexibility index (Phi) is 4.14. The van der Waals surface area contributed by atoms with Gasteiger partial charge in [-0.05, 0) is 36.4 Å².